The second-order valence-corrected chi connectivity index (χ2v) is 5.37. The molecule has 0 heterocycles. The van der Waals surface area contributed by atoms with Crippen LogP contribution in [0.1, 0.15) is 11.1 Å². The maximum absolute atomic E-state index is 8.89. The second-order valence-electron chi connectivity index (χ2n) is 4.93. The van der Waals surface area contributed by atoms with Crippen molar-refractivity contribution < 1.29 is 0 Å². The van der Waals surface area contributed by atoms with E-state index < -0.39 is 5.92 Å². The predicted molar refractivity (Wildman–Crippen MR) is 92.7 cm³/mol. The Balaban J connectivity index is 2.43. The highest BCUT2D eigenvalue weighted by Gasteiger charge is 2.04. The largest absolute Gasteiger partial charge is 0.248 e. The summed E-state index contributed by atoms with van der Waals surface area (Å²) in [7, 11) is 0. The first-order valence-electron chi connectivity index (χ1n) is 7.01. The highest BCUT2D eigenvalue weighted by Crippen LogP contribution is 2.18. The molecule has 0 atom stereocenters. The van der Waals surface area contributed by atoms with Gasteiger partial charge in [0, 0.05) is 10.6 Å². The number of nitrogens with zero attached hydrogens (tertiary/aromatic N) is 3. The van der Waals surface area contributed by atoms with Crippen LogP contribution in [0.4, 0.5) is 5.69 Å². The Morgan fingerprint density at radius 1 is 1.04 bits per heavy atom. The predicted octanol–water partition coefficient (Wildman–Crippen LogP) is 4.99. The van der Waals surface area contributed by atoms with Gasteiger partial charge in [-0.05, 0) is 37.3 Å². The van der Waals surface area contributed by atoms with Crippen LogP contribution in [-0.4, -0.2) is 5.71 Å². The molecule has 2 aromatic carbocycles. The average Bonchev–Trinajstić information content (AvgIpc) is 2.57. The van der Waals surface area contributed by atoms with Crippen LogP contribution in [0.2, 0.25) is 5.02 Å². The fraction of sp³-hybridized carbons (Fsp3) is 0.105. The van der Waals surface area contributed by atoms with Gasteiger partial charge < -0.3 is 0 Å². The third-order valence-corrected chi connectivity index (χ3v) is 3.40. The summed E-state index contributed by atoms with van der Waals surface area (Å²) in [5.41, 5.74) is 3.50. The highest BCUT2D eigenvalue weighted by atomic mass is 35.5. The first-order valence-corrected chi connectivity index (χ1v) is 7.39. The summed E-state index contributed by atoms with van der Waals surface area (Å²) in [5.74, 6) is -0.795. The Kier molecular flexibility index (Phi) is 5.69. The monoisotopic (exact) mass is 319 g/mol. The maximum atomic E-state index is 8.89. The Morgan fingerprint density at radius 3 is 2.22 bits per heavy atom. The molecule has 0 saturated heterocycles. The van der Waals surface area contributed by atoms with Gasteiger partial charge in [0.1, 0.15) is 0 Å². The standard InChI is InChI=1S/C19H14ClN3/c1-14-2-5-16(6-3-14)19(11-4-15(12-21)13-22)23-18-9-7-17(20)8-10-18/h2-11,15H,1H3. The van der Waals surface area contributed by atoms with Crippen molar-refractivity contribution in [3.63, 3.8) is 0 Å². The number of allylic oxidation sites excluding steroid dienone is 2. The molecule has 0 unspecified atom stereocenters. The van der Waals surface area contributed by atoms with E-state index in [-0.39, 0.29) is 0 Å². The van der Waals surface area contributed by atoms with Crippen molar-refractivity contribution in [2.24, 2.45) is 10.9 Å². The quantitative estimate of drug-likeness (QED) is 0.745. The summed E-state index contributed by atoms with van der Waals surface area (Å²) in [6, 6.07) is 18.9. The summed E-state index contributed by atoms with van der Waals surface area (Å²) in [6.07, 6.45) is 3.25. The molecule has 2 rings (SSSR count). The zero-order valence-corrected chi connectivity index (χ0v) is 13.3. The molecule has 0 fully saturated rings. The van der Waals surface area contributed by atoms with E-state index in [2.05, 4.69) is 4.99 Å². The molecule has 0 bridgehead atoms. The van der Waals surface area contributed by atoms with Crippen LogP contribution in [0.25, 0.3) is 0 Å². The molecular weight excluding hydrogens is 306 g/mol. The van der Waals surface area contributed by atoms with Gasteiger partial charge >= 0.3 is 0 Å². The van der Waals surface area contributed by atoms with E-state index in [1.165, 1.54) is 0 Å². The van der Waals surface area contributed by atoms with Crippen molar-refractivity contribution in [3.8, 4) is 12.1 Å². The minimum absolute atomic E-state index is 0.644. The third-order valence-electron chi connectivity index (χ3n) is 3.15. The fourth-order valence-corrected chi connectivity index (χ4v) is 2.01. The van der Waals surface area contributed by atoms with E-state index in [9.17, 15) is 0 Å². The second kappa shape index (κ2) is 7.94. The van der Waals surface area contributed by atoms with Gasteiger partial charge in [-0.2, -0.15) is 10.5 Å². The lowest BCUT2D eigenvalue weighted by Gasteiger charge is -2.04. The number of hydrogen-bond acceptors (Lipinski definition) is 3. The topological polar surface area (TPSA) is 59.9 Å². The third kappa shape index (κ3) is 4.81. The zero-order chi connectivity index (χ0) is 16.7. The first-order chi connectivity index (χ1) is 11.1. The van der Waals surface area contributed by atoms with E-state index in [1.807, 2.05) is 55.5 Å². The molecule has 23 heavy (non-hydrogen) atoms. The summed E-state index contributed by atoms with van der Waals surface area (Å²) >= 11 is 5.89. The number of benzene rings is 2. The van der Waals surface area contributed by atoms with E-state index in [0.29, 0.717) is 10.7 Å². The molecule has 112 valence electrons. The molecule has 0 N–H and O–H groups in total. The number of nitriles is 2. The van der Waals surface area contributed by atoms with Crippen molar-refractivity contribution in [1.82, 2.24) is 0 Å². The van der Waals surface area contributed by atoms with E-state index in [0.717, 1.165) is 16.8 Å². The van der Waals surface area contributed by atoms with E-state index >= 15 is 0 Å². The minimum Gasteiger partial charge on any atom is -0.248 e. The molecule has 0 saturated carbocycles. The van der Waals surface area contributed by atoms with Gasteiger partial charge in [-0.25, -0.2) is 4.99 Å². The van der Waals surface area contributed by atoms with Crippen LogP contribution in [0.15, 0.2) is 65.7 Å². The van der Waals surface area contributed by atoms with Crippen molar-refractivity contribution in [3.05, 3.63) is 76.8 Å². The molecule has 4 heteroatoms. The van der Waals surface area contributed by atoms with Gasteiger partial charge in [0.25, 0.3) is 0 Å². The molecule has 0 amide bonds. The smallest absolute Gasteiger partial charge is 0.151 e. The average molecular weight is 320 g/mol. The van der Waals surface area contributed by atoms with Crippen molar-refractivity contribution in [1.29, 1.82) is 10.5 Å². The van der Waals surface area contributed by atoms with Crippen LogP contribution in [0.3, 0.4) is 0 Å². The van der Waals surface area contributed by atoms with Gasteiger partial charge in [-0.15, -0.1) is 0 Å². The lowest BCUT2D eigenvalue weighted by Crippen LogP contribution is -1.98. The highest BCUT2D eigenvalue weighted by molar-refractivity contribution is 6.30. The molecule has 0 spiro atoms. The van der Waals surface area contributed by atoms with Crippen LogP contribution in [0, 0.1) is 35.5 Å². The number of aryl methyl sites for hydroxylation is 1. The Morgan fingerprint density at radius 2 is 1.65 bits per heavy atom. The van der Waals surface area contributed by atoms with Crippen LogP contribution >= 0.6 is 11.6 Å². The number of hydrogen-bond donors (Lipinski definition) is 0. The maximum Gasteiger partial charge on any atom is 0.151 e. The molecular formula is C19H14ClN3. The van der Waals surface area contributed by atoms with Gasteiger partial charge in [-0.3, -0.25) is 0 Å². The van der Waals surface area contributed by atoms with Gasteiger partial charge in [0.2, 0.25) is 0 Å². The van der Waals surface area contributed by atoms with Crippen molar-refractivity contribution >= 4 is 23.0 Å². The molecule has 0 aromatic heterocycles. The fourth-order valence-electron chi connectivity index (χ4n) is 1.88. The molecule has 0 aliphatic rings. The normalized spacial score (nSPS) is 11.4. The first kappa shape index (κ1) is 16.5. The minimum atomic E-state index is -0.795. The summed E-state index contributed by atoms with van der Waals surface area (Å²) < 4.78 is 0. The van der Waals surface area contributed by atoms with Gasteiger partial charge in [-0.1, -0.05) is 47.5 Å². The molecule has 0 aliphatic carbocycles. The molecule has 0 aliphatic heterocycles. The van der Waals surface area contributed by atoms with Gasteiger partial charge in [0.15, 0.2) is 5.92 Å². The summed E-state index contributed by atoms with van der Waals surface area (Å²) in [4.78, 5) is 4.59. The van der Waals surface area contributed by atoms with Crippen molar-refractivity contribution in [2.75, 3.05) is 0 Å². The molecule has 0 radical (unpaired) electrons. The zero-order valence-electron chi connectivity index (χ0n) is 12.6. The van der Waals surface area contributed by atoms with E-state index in [1.54, 1.807) is 24.3 Å². The van der Waals surface area contributed by atoms with Crippen molar-refractivity contribution in [2.45, 2.75) is 6.92 Å². The number of halogens is 1. The summed E-state index contributed by atoms with van der Waals surface area (Å²) in [6.45, 7) is 2.01. The SMILES string of the molecule is Cc1ccc(C(C=CC(C#N)C#N)=Nc2ccc(Cl)cc2)cc1. The van der Waals surface area contributed by atoms with Gasteiger partial charge in [0.05, 0.1) is 23.5 Å². The molecule has 3 nitrogen and oxygen atoms in total. The number of aliphatic imine (C=N–C) groups is 1. The Bertz CT molecular complexity index is 790. The van der Waals surface area contributed by atoms with Crippen LogP contribution in [0.5, 0.6) is 0 Å². The lowest BCUT2D eigenvalue weighted by molar-refractivity contribution is 1.09. The lowest BCUT2D eigenvalue weighted by atomic mass is 10.1. The Labute approximate surface area is 140 Å². The molecule has 2 aromatic rings. The number of rotatable bonds is 4. The van der Waals surface area contributed by atoms with E-state index in [4.69, 9.17) is 22.1 Å². The van der Waals surface area contributed by atoms with Crippen LogP contribution in [-0.2, 0) is 0 Å². The van der Waals surface area contributed by atoms with Crippen LogP contribution < -0.4 is 0 Å². The Hall–Kier alpha value is -2.88. The summed E-state index contributed by atoms with van der Waals surface area (Å²) in [5, 5.41) is 18.4.